The van der Waals surface area contributed by atoms with Gasteiger partial charge in [-0.15, -0.1) is 0 Å². The summed E-state index contributed by atoms with van der Waals surface area (Å²) >= 11 is 0. The number of carbonyl (C=O) groups excluding carboxylic acids is 1. The number of nitrogens with zero attached hydrogens (tertiary/aromatic N) is 2. The van der Waals surface area contributed by atoms with Crippen LogP contribution in [0.4, 0.5) is 5.69 Å². The molecule has 1 saturated heterocycles. The predicted molar refractivity (Wildman–Crippen MR) is 128 cm³/mol. The van der Waals surface area contributed by atoms with E-state index in [9.17, 15) is 4.79 Å². The number of carbonyl (C=O) groups is 1. The summed E-state index contributed by atoms with van der Waals surface area (Å²) in [4.78, 5) is 17.5. The molecule has 3 aromatic carbocycles. The van der Waals surface area contributed by atoms with Gasteiger partial charge in [0.2, 0.25) is 0 Å². The van der Waals surface area contributed by atoms with Gasteiger partial charge in [0.05, 0.1) is 6.61 Å². The summed E-state index contributed by atoms with van der Waals surface area (Å²) in [6.45, 7) is 7.97. The van der Waals surface area contributed by atoms with Gasteiger partial charge in [0, 0.05) is 43.0 Å². The number of anilines is 1. The zero-order valence-corrected chi connectivity index (χ0v) is 18.8. The minimum Gasteiger partial charge on any atom is -0.493 e. The van der Waals surface area contributed by atoms with Crippen LogP contribution in [0.5, 0.6) is 11.5 Å². The predicted octanol–water partition coefficient (Wildman–Crippen LogP) is 4.94. The highest BCUT2D eigenvalue weighted by atomic mass is 16.5. The van der Waals surface area contributed by atoms with Crippen LogP contribution in [-0.4, -0.2) is 43.6 Å². The molecule has 0 radical (unpaired) electrons. The SMILES string of the molecule is CCOc1ccc(C(=O)N2CCN(c3ccccc3)CC2)cc1COc1cccc(C)c1. The van der Waals surface area contributed by atoms with Gasteiger partial charge >= 0.3 is 0 Å². The number of hydrogen-bond acceptors (Lipinski definition) is 4. The molecule has 0 aromatic heterocycles. The molecular formula is C27H30N2O3. The molecule has 1 amide bonds. The summed E-state index contributed by atoms with van der Waals surface area (Å²) in [5.41, 5.74) is 3.90. The molecule has 1 heterocycles. The Kier molecular flexibility index (Phi) is 6.95. The van der Waals surface area contributed by atoms with Gasteiger partial charge in [-0.1, -0.05) is 30.3 Å². The van der Waals surface area contributed by atoms with Crippen LogP contribution < -0.4 is 14.4 Å². The molecule has 0 spiro atoms. The maximum absolute atomic E-state index is 13.2. The number of para-hydroxylation sites is 1. The average Bonchev–Trinajstić information content (AvgIpc) is 2.84. The number of hydrogen-bond donors (Lipinski definition) is 0. The fourth-order valence-electron chi connectivity index (χ4n) is 3.98. The second-order valence-corrected chi connectivity index (χ2v) is 7.98. The molecule has 32 heavy (non-hydrogen) atoms. The first-order valence-electron chi connectivity index (χ1n) is 11.2. The fraction of sp³-hybridized carbons (Fsp3) is 0.296. The summed E-state index contributed by atoms with van der Waals surface area (Å²) in [6, 6.07) is 23.9. The molecule has 5 heteroatoms. The van der Waals surface area contributed by atoms with Crippen LogP contribution in [-0.2, 0) is 6.61 Å². The number of aryl methyl sites for hydroxylation is 1. The van der Waals surface area contributed by atoms with Gasteiger partial charge in [-0.2, -0.15) is 0 Å². The molecule has 5 nitrogen and oxygen atoms in total. The molecule has 0 unspecified atom stereocenters. The minimum atomic E-state index is 0.0533. The van der Waals surface area contributed by atoms with Crippen LogP contribution in [0, 0.1) is 6.92 Å². The van der Waals surface area contributed by atoms with Crippen molar-refractivity contribution in [3.63, 3.8) is 0 Å². The van der Waals surface area contributed by atoms with Crippen molar-refractivity contribution in [3.05, 3.63) is 89.5 Å². The summed E-state index contributed by atoms with van der Waals surface area (Å²) in [6.07, 6.45) is 0. The first-order chi connectivity index (χ1) is 15.6. The quantitative estimate of drug-likeness (QED) is 0.533. The van der Waals surface area contributed by atoms with Crippen molar-refractivity contribution < 1.29 is 14.3 Å². The third kappa shape index (κ3) is 5.22. The third-order valence-corrected chi connectivity index (χ3v) is 5.68. The van der Waals surface area contributed by atoms with Gasteiger partial charge in [0.15, 0.2) is 0 Å². The van der Waals surface area contributed by atoms with Crippen LogP contribution in [0.3, 0.4) is 0 Å². The van der Waals surface area contributed by atoms with Crippen LogP contribution in [0.1, 0.15) is 28.4 Å². The van der Waals surface area contributed by atoms with E-state index in [1.165, 1.54) is 5.69 Å². The summed E-state index contributed by atoms with van der Waals surface area (Å²) < 4.78 is 11.8. The molecule has 1 fully saturated rings. The van der Waals surface area contributed by atoms with E-state index in [1.54, 1.807) is 0 Å². The standard InChI is InChI=1S/C27H30N2O3/c1-3-31-26-13-12-22(19-23(26)20-32-25-11-7-8-21(2)18-25)27(30)29-16-14-28(15-17-29)24-9-5-4-6-10-24/h4-13,18-19H,3,14-17,20H2,1-2H3. The van der Waals surface area contributed by atoms with E-state index in [0.717, 1.165) is 35.7 Å². The highest BCUT2D eigenvalue weighted by Gasteiger charge is 2.23. The van der Waals surface area contributed by atoms with E-state index in [4.69, 9.17) is 9.47 Å². The van der Waals surface area contributed by atoms with E-state index in [2.05, 4.69) is 17.0 Å². The van der Waals surface area contributed by atoms with Crippen LogP contribution >= 0.6 is 0 Å². The van der Waals surface area contributed by atoms with Gasteiger partial charge < -0.3 is 19.3 Å². The molecule has 4 rings (SSSR count). The molecule has 0 aliphatic carbocycles. The van der Waals surface area contributed by atoms with Crippen LogP contribution in [0.15, 0.2) is 72.8 Å². The van der Waals surface area contributed by atoms with Crippen molar-refractivity contribution in [2.45, 2.75) is 20.5 Å². The Bertz CT molecular complexity index is 1040. The zero-order valence-electron chi connectivity index (χ0n) is 18.8. The molecule has 0 N–H and O–H groups in total. The highest BCUT2D eigenvalue weighted by Crippen LogP contribution is 2.24. The topological polar surface area (TPSA) is 42.0 Å². The van der Waals surface area contributed by atoms with E-state index >= 15 is 0 Å². The molecule has 166 valence electrons. The fourth-order valence-corrected chi connectivity index (χ4v) is 3.98. The lowest BCUT2D eigenvalue weighted by Crippen LogP contribution is -2.48. The van der Waals surface area contributed by atoms with E-state index in [1.807, 2.05) is 79.4 Å². The molecule has 1 aliphatic rings. The largest absolute Gasteiger partial charge is 0.493 e. The minimum absolute atomic E-state index is 0.0533. The maximum Gasteiger partial charge on any atom is 0.253 e. The number of benzene rings is 3. The second kappa shape index (κ2) is 10.2. The van der Waals surface area contributed by atoms with Crippen LogP contribution in [0.25, 0.3) is 0 Å². The van der Waals surface area contributed by atoms with Crippen molar-refractivity contribution in [3.8, 4) is 11.5 Å². The van der Waals surface area contributed by atoms with Gasteiger partial charge in [-0.05, 0) is 61.9 Å². The van der Waals surface area contributed by atoms with E-state index in [-0.39, 0.29) is 5.91 Å². The number of rotatable bonds is 7. The Labute approximate surface area is 190 Å². The lowest BCUT2D eigenvalue weighted by atomic mass is 10.1. The normalized spacial score (nSPS) is 13.7. The summed E-state index contributed by atoms with van der Waals surface area (Å²) in [5.74, 6) is 1.62. The number of amides is 1. The molecule has 1 aliphatic heterocycles. The molecule has 0 atom stereocenters. The first kappa shape index (κ1) is 21.8. The van der Waals surface area contributed by atoms with Crippen molar-refractivity contribution in [2.24, 2.45) is 0 Å². The van der Waals surface area contributed by atoms with E-state index in [0.29, 0.717) is 31.9 Å². The first-order valence-corrected chi connectivity index (χ1v) is 11.2. The van der Waals surface area contributed by atoms with Crippen LogP contribution in [0.2, 0.25) is 0 Å². The maximum atomic E-state index is 13.2. The van der Waals surface area contributed by atoms with E-state index < -0.39 is 0 Å². The van der Waals surface area contributed by atoms with Crippen molar-refractivity contribution >= 4 is 11.6 Å². The molecular weight excluding hydrogens is 400 g/mol. The lowest BCUT2D eigenvalue weighted by molar-refractivity contribution is 0.0746. The number of piperazine rings is 1. The Morgan fingerprint density at radius 2 is 1.66 bits per heavy atom. The smallest absolute Gasteiger partial charge is 0.253 e. The lowest BCUT2D eigenvalue weighted by Gasteiger charge is -2.36. The Morgan fingerprint density at radius 1 is 0.875 bits per heavy atom. The Morgan fingerprint density at radius 3 is 2.38 bits per heavy atom. The Hall–Kier alpha value is -3.47. The van der Waals surface area contributed by atoms with Gasteiger partial charge in [-0.3, -0.25) is 4.79 Å². The highest BCUT2D eigenvalue weighted by molar-refractivity contribution is 5.94. The van der Waals surface area contributed by atoms with Crippen molar-refractivity contribution in [1.29, 1.82) is 0 Å². The van der Waals surface area contributed by atoms with Gasteiger partial charge in [0.1, 0.15) is 18.1 Å². The number of ether oxygens (including phenoxy) is 2. The average molecular weight is 431 g/mol. The molecule has 0 bridgehead atoms. The Balaban J connectivity index is 1.44. The molecule has 3 aromatic rings. The third-order valence-electron chi connectivity index (χ3n) is 5.68. The molecule has 0 saturated carbocycles. The van der Waals surface area contributed by atoms with Crippen molar-refractivity contribution in [2.75, 3.05) is 37.7 Å². The second-order valence-electron chi connectivity index (χ2n) is 7.98. The van der Waals surface area contributed by atoms with Gasteiger partial charge in [0.25, 0.3) is 5.91 Å². The van der Waals surface area contributed by atoms with Crippen molar-refractivity contribution in [1.82, 2.24) is 4.90 Å². The summed E-state index contributed by atoms with van der Waals surface area (Å²) in [5, 5.41) is 0. The summed E-state index contributed by atoms with van der Waals surface area (Å²) in [7, 11) is 0. The van der Waals surface area contributed by atoms with Gasteiger partial charge in [-0.25, -0.2) is 0 Å². The zero-order chi connectivity index (χ0) is 22.3. The monoisotopic (exact) mass is 430 g/mol.